The van der Waals surface area contributed by atoms with Gasteiger partial charge in [-0.25, -0.2) is 0 Å². The van der Waals surface area contributed by atoms with E-state index in [9.17, 15) is 0 Å². The number of benzene rings is 1. The highest BCUT2D eigenvalue weighted by molar-refractivity contribution is 5.15. The second kappa shape index (κ2) is 14.2. The molecule has 0 radical (unpaired) electrons. The number of hydrogen-bond donors (Lipinski definition) is 1. The normalized spacial score (nSPS) is 24.0. The predicted octanol–water partition coefficient (Wildman–Crippen LogP) is 4.31. The lowest BCUT2D eigenvalue weighted by Crippen LogP contribution is -2.25. The molecule has 1 N–H and O–H groups in total. The molecule has 2 unspecified atom stereocenters. The molecule has 26 heavy (non-hydrogen) atoms. The lowest BCUT2D eigenvalue weighted by Gasteiger charge is -2.20. The molecule has 2 aliphatic heterocycles. The minimum absolute atomic E-state index is 0.250. The Labute approximate surface area is 162 Å². The Morgan fingerprint density at radius 2 is 1.50 bits per heavy atom. The van der Waals surface area contributed by atoms with Crippen LogP contribution in [0.3, 0.4) is 0 Å². The first-order valence-corrected chi connectivity index (χ1v) is 10.8. The zero-order chi connectivity index (χ0) is 19.2. The van der Waals surface area contributed by atoms with E-state index in [1.165, 1.54) is 70.4 Å². The predicted molar refractivity (Wildman–Crippen MR) is 114 cm³/mol. The molecule has 150 valence electrons. The summed E-state index contributed by atoms with van der Waals surface area (Å²) in [6.45, 7) is 12.6. The van der Waals surface area contributed by atoms with E-state index in [-0.39, 0.29) is 6.61 Å². The monoisotopic (exact) mass is 362 g/mol. The Bertz CT molecular complexity index is 421. The molecular weight excluding hydrogens is 320 g/mol. The molecule has 1 aliphatic carbocycles. The quantitative estimate of drug-likeness (QED) is 0.868. The van der Waals surface area contributed by atoms with E-state index in [4.69, 9.17) is 5.11 Å². The molecule has 2 saturated heterocycles. The van der Waals surface area contributed by atoms with Crippen molar-refractivity contribution in [2.45, 2.75) is 52.9 Å². The van der Waals surface area contributed by atoms with E-state index in [2.05, 4.69) is 47.2 Å². The minimum atomic E-state index is 0.250. The molecule has 3 fully saturated rings. The average Bonchev–Trinajstić information content (AvgIpc) is 3.30. The van der Waals surface area contributed by atoms with Crippen LogP contribution < -0.4 is 0 Å². The van der Waals surface area contributed by atoms with Crippen LogP contribution in [-0.2, 0) is 6.42 Å². The molecule has 2 atom stereocenters. The van der Waals surface area contributed by atoms with Crippen molar-refractivity contribution in [2.75, 3.05) is 46.4 Å². The van der Waals surface area contributed by atoms with Gasteiger partial charge in [-0.2, -0.15) is 0 Å². The highest BCUT2D eigenvalue weighted by Crippen LogP contribution is 2.44. The van der Waals surface area contributed by atoms with Gasteiger partial charge in [-0.15, -0.1) is 0 Å². The number of nitrogens with zero attached hydrogens (tertiary/aromatic N) is 2. The molecule has 4 rings (SSSR count). The Kier molecular flexibility index (Phi) is 12.6. The molecule has 0 amide bonds. The van der Waals surface area contributed by atoms with E-state index >= 15 is 0 Å². The second-order valence-corrected chi connectivity index (χ2v) is 7.43. The first-order chi connectivity index (χ1) is 12.7. The third-order valence-corrected chi connectivity index (χ3v) is 5.19. The van der Waals surface area contributed by atoms with Gasteiger partial charge in [-0.1, -0.05) is 50.6 Å². The van der Waals surface area contributed by atoms with E-state index < -0.39 is 0 Å². The molecule has 0 aromatic heterocycles. The van der Waals surface area contributed by atoms with Crippen molar-refractivity contribution in [1.29, 1.82) is 0 Å². The molecule has 1 saturated carbocycles. The third kappa shape index (κ3) is 9.70. The van der Waals surface area contributed by atoms with Gasteiger partial charge in [-0.3, -0.25) is 0 Å². The van der Waals surface area contributed by atoms with Crippen molar-refractivity contribution in [3.63, 3.8) is 0 Å². The molecule has 0 bridgehead atoms. The highest BCUT2D eigenvalue weighted by atomic mass is 16.2. The Morgan fingerprint density at radius 1 is 0.962 bits per heavy atom. The third-order valence-electron chi connectivity index (χ3n) is 5.19. The van der Waals surface area contributed by atoms with Crippen molar-refractivity contribution in [3.8, 4) is 0 Å². The first kappa shape index (κ1) is 23.1. The van der Waals surface area contributed by atoms with Crippen LogP contribution in [-0.4, -0.2) is 61.3 Å². The average molecular weight is 363 g/mol. The summed E-state index contributed by atoms with van der Waals surface area (Å²) in [6, 6.07) is 10.8. The van der Waals surface area contributed by atoms with E-state index in [0.717, 1.165) is 11.8 Å². The van der Waals surface area contributed by atoms with Crippen LogP contribution in [0.15, 0.2) is 30.3 Å². The molecule has 3 nitrogen and oxygen atoms in total. The maximum Gasteiger partial charge on any atom is 0.0402 e. The van der Waals surface area contributed by atoms with E-state index in [1.807, 2.05) is 13.8 Å². The SMILES string of the molecule is CC.CCO.CN1CCCCC1.c1ccc(CCN2CC3CC3C2)cc1. The molecule has 2 heterocycles. The first-order valence-electron chi connectivity index (χ1n) is 10.8. The summed E-state index contributed by atoms with van der Waals surface area (Å²) in [5, 5.41) is 7.57. The topological polar surface area (TPSA) is 26.7 Å². The minimum Gasteiger partial charge on any atom is -0.397 e. The fourth-order valence-electron chi connectivity index (χ4n) is 3.66. The van der Waals surface area contributed by atoms with Gasteiger partial charge in [0.25, 0.3) is 0 Å². The molecule has 1 aromatic carbocycles. The van der Waals surface area contributed by atoms with Gasteiger partial charge in [0.05, 0.1) is 0 Å². The smallest absolute Gasteiger partial charge is 0.0402 e. The van der Waals surface area contributed by atoms with Crippen LogP contribution in [0.4, 0.5) is 0 Å². The van der Waals surface area contributed by atoms with Crippen molar-refractivity contribution >= 4 is 0 Å². The van der Waals surface area contributed by atoms with Crippen LogP contribution in [0, 0.1) is 11.8 Å². The summed E-state index contributed by atoms with van der Waals surface area (Å²) >= 11 is 0. The van der Waals surface area contributed by atoms with Gasteiger partial charge in [0.1, 0.15) is 0 Å². The number of rotatable bonds is 3. The van der Waals surface area contributed by atoms with Crippen LogP contribution in [0.25, 0.3) is 0 Å². The summed E-state index contributed by atoms with van der Waals surface area (Å²) in [5.41, 5.74) is 1.48. The van der Waals surface area contributed by atoms with Gasteiger partial charge in [0.15, 0.2) is 0 Å². The van der Waals surface area contributed by atoms with Crippen LogP contribution in [0.5, 0.6) is 0 Å². The van der Waals surface area contributed by atoms with Gasteiger partial charge in [-0.05, 0) is 70.1 Å². The standard InChI is InChI=1S/C13H17N.C6H13N.C2H6O.C2H6/c1-2-4-11(5-3-1)6-7-14-9-12-8-13(12)10-14;1-7-5-3-2-4-6-7;1-2-3;1-2/h1-5,12-13H,6-10H2;2-6H2,1H3;3H,2H2,1H3;1-2H3. The summed E-state index contributed by atoms with van der Waals surface area (Å²) in [5.74, 6) is 2.15. The molecule has 3 heteroatoms. The lowest BCUT2D eigenvalue weighted by molar-refractivity contribution is 0.277. The van der Waals surface area contributed by atoms with Crippen molar-refractivity contribution in [3.05, 3.63) is 35.9 Å². The number of aliphatic hydroxyl groups is 1. The second-order valence-electron chi connectivity index (χ2n) is 7.43. The number of piperidine rings is 2. The number of likely N-dealkylation sites (tertiary alicyclic amines) is 2. The molecule has 1 aromatic rings. The zero-order valence-electron chi connectivity index (χ0n) is 17.7. The fourth-order valence-corrected chi connectivity index (χ4v) is 3.66. The van der Waals surface area contributed by atoms with Crippen LogP contribution in [0.2, 0.25) is 0 Å². The zero-order valence-corrected chi connectivity index (χ0v) is 17.7. The van der Waals surface area contributed by atoms with E-state index in [1.54, 1.807) is 6.92 Å². The maximum absolute atomic E-state index is 7.57. The van der Waals surface area contributed by atoms with Gasteiger partial charge in [0, 0.05) is 26.2 Å². The van der Waals surface area contributed by atoms with Crippen LogP contribution in [0.1, 0.15) is 52.0 Å². The van der Waals surface area contributed by atoms with Crippen molar-refractivity contribution in [1.82, 2.24) is 9.80 Å². The van der Waals surface area contributed by atoms with Crippen molar-refractivity contribution in [2.24, 2.45) is 11.8 Å². The summed E-state index contributed by atoms with van der Waals surface area (Å²) in [6.07, 6.45) is 7.01. The largest absolute Gasteiger partial charge is 0.397 e. The summed E-state index contributed by atoms with van der Waals surface area (Å²) in [7, 11) is 2.19. The number of hydrogen-bond acceptors (Lipinski definition) is 3. The molecule has 0 spiro atoms. The van der Waals surface area contributed by atoms with Gasteiger partial charge < -0.3 is 14.9 Å². The fraction of sp³-hybridized carbons (Fsp3) is 0.739. The van der Waals surface area contributed by atoms with Gasteiger partial charge in [0.2, 0.25) is 0 Å². The molecule has 3 aliphatic rings. The number of aliphatic hydroxyl groups excluding tert-OH is 1. The van der Waals surface area contributed by atoms with Gasteiger partial charge >= 0.3 is 0 Å². The summed E-state index contributed by atoms with van der Waals surface area (Å²) < 4.78 is 0. The van der Waals surface area contributed by atoms with Crippen molar-refractivity contribution < 1.29 is 5.11 Å². The maximum atomic E-state index is 7.57. The number of fused-ring (bicyclic) bond motifs is 1. The van der Waals surface area contributed by atoms with Crippen LogP contribution >= 0.6 is 0 Å². The highest BCUT2D eigenvalue weighted by Gasteiger charge is 2.44. The lowest BCUT2D eigenvalue weighted by atomic mass is 10.1. The van der Waals surface area contributed by atoms with E-state index in [0.29, 0.717) is 0 Å². The Hall–Kier alpha value is -0.900. The Morgan fingerprint density at radius 3 is 1.96 bits per heavy atom. The molecular formula is C23H42N2O. The Balaban J connectivity index is 0.000000238. The summed E-state index contributed by atoms with van der Waals surface area (Å²) in [4.78, 5) is 5.02.